The van der Waals surface area contributed by atoms with Gasteiger partial charge in [-0.1, -0.05) is 24.3 Å². The summed E-state index contributed by atoms with van der Waals surface area (Å²) >= 11 is 0. The summed E-state index contributed by atoms with van der Waals surface area (Å²) in [5, 5.41) is 12.8. The SMILES string of the molecule is CC(NCCN1CCN(c2ncccn2)CC1)c1cccc(CO)c1. The van der Waals surface area contributed by atoms with Gasteiger partial charge in [0.1, 0.15) is 0 Å². The molecule has 2 heterocycles. The van der Waals surface area contributed by atoms with E-state index in [0.29, 0.717) is 0 Å². The fourth-order valence-corrected chi connectivity index (χ4v) is 3.14. The van der Waals surface area contributed by atoms with Gasteiger partial charge in [0, 0.05) is 57.7 Å². The predicted molar refractivity (Wildman–Crippen MR) is 99.5 cm³/mol. The van der Waals surface area contributed by atoms with Crippen LogP contribution in [0.1, 0.15) is 24.1 Å². The van der Waals surface area contributed by atoms with Crippen molar-refractivity contribution in [3.8, 4) is 0 Å². The Morgan fingerprint density at radius 3 is 2.60 bits per heavy atom. The first-order chi connectivity index (χ1) is 12.3. The molecule has 0 spiro atoms. The van der Waals surface area contributed by atoms with Crippen molar-refractivity contribution < 1.29 is 5.11 Å². The summed E-state index contributed by atoms with van der Waals surface area (Å²) in [6.07, 6.45) is 3.59. The van der Waals surface area contributed by atoms with E-state index >= 15 is 0 Å². The largest absolute Gasteiger partial charge is 0.392 e. The lowest BCUT2D eigenvalue weighted by Crippen LogP contribution is -2.48. The van der Waals surface area contributed by atoms with Gasteiger partial charge in [0.2, 0.25) is 5.95 Å². The van der Waals surface area contributed by atoms with Crippen molar-refractivity contribution in [3.05, 3.63) is 53.9 Å². The fourth-order valence-electron chi connectivity index (χ4n) is 3.14. The molecule has 1 aliphatic heterocycles. The van der Waals surface area contributed by atoms with Crippen LogP contribution in [0.25, 0.3) is 0 Å². The van der Waals surface area contributed by atoms with Crippen molar-refractivity contribution in [3.63, 3.8) is 0 Å². The van der Waals surface area contributed by atoms with Crippen LogP contribution in [0.3, 0.4) is 0 Å². The topological polar surface area (TPSA) is 64.5 Å². The Bertz CT molecular complexity index is 643. The van der Waals surface area contributed by atoms with Crippen molar-refractivity contribution in [2.24, 2.45) is 0 Å². The van der Waals surface area contributed by atoms with Crippen molar-refractivity contribution >= 4 is 5.95 Å². The van der Waals surface area contributed by atoms with Crippen molar-refractivity contribution in [1.82, 2.24) is 20.2 Å². The van der Waals surface area contributed by atoms with E-state index in [9.17, 15) is 5.11 Å². The van der Waals surface area contributed by atoms with E-state index in [2.05, 4.69) is 44.1 Å². The number of hydrogen-bond acceptors (Lipinski definition) is 6. The maximum Gasteiger partial charge on any atom is 0.225 e. The van der Waals surface area contributed by atoms with Crippen LogP contribution in [-0.2, 0) is 6.61 Å². The van der Waals surface area contributed by atoms with E-state index in [1.165, 1.54) is 5.56 Å². The molecule has 0 bridgehead atoms. The molecule has 134 valence electrons. The van der Waals surface area contributed by atoms with Crippen LogP contribution in [0.2, 0.25) is 0 Å². The Labute approximate surface area is 149 Å². The normalized spacial score (nSPS) is 16.8. The Morgan fingerprint density at radius 1 is 1.12 bits per heavy atom. The minimum Gasteiger partial charge on any atom is -0.392 e. The molecule has 1 fully saturated rings. The van der Waals surface area contributed by atoms with Gasteiger partial charge in [0.15, 0.2) is 0 Å². The van der Waals surface area contributed by atoms with E-state index in [-0.39, 0.29) is 12.6 Å². The number of aliphatic hydroxyl groups excluding tert-OH is 1. The molecule has 2 aromatic rings. The zero-order valence-electron chi connectivity index (χ0n) is 14.8. The maximum atomic E-state index is 9.25. The van der Waals surface area contributed by atoms with Crippen LogP contribution in [0, 0.1) is 0 Å². The summed E-state index contributed by atoms with van der Waals surface area (Å²) in [5.74, 6) is 0.831. The molecule has 0 saturated carbocycles. The zero-order valence-corrected chi connectivity index (χ0v) is 14.8. The molecular formula is C19H27N5O. The van der Waals surface area contributed by atoms with E-state index < -0.39 is 0 Å². The minimum absolute atomic E-state index is 0.0932. The van der Waals surface area contributed by atoms with E-state index in [0.717, 1.165) is 50.8 Å². The second-order valence-corrected chi connectivity index (χ2v) is 6.46. The average Bonchev–Trinajstić information content (AvgIpc) is 2.69. The van der Waals surface area contributed by atoms with Gasteiger partial charge in [-0.15, -0.1) is 0 Å². The van der Waals surface area contributed by atoms with Crippen LogP contribution in [0.4, 0.5) is 5.95 Å². The highest BCUT2D eigenvalue weighted by Gasteiger charge is 2.18. The number of anilines is 1. The summed E-state index contributed by atoms with van der Waals surface area (Å²) in [6.45, 7) is 8.26. The van der Waals surface area contributed by atoms with Crippen molar-refractivity contribution in [2.45, 2.75) is 19.6 Å². The smallest absolute Gasteiger partial charge is 0.225 e. The highest BCUT2D eigenvalue weighted by atomic mass is 16.3. The van der Waals surface area contributed by atoms with Crippen molar-refractivity contribution in [2.75, 3.05) is 44.2 Å². The van der Waals surface area contributed by atoms with Crippen LogP contribution >= 0.6 is 0 Å². The Kier molecular flexibility index (Phi) is 6.33. The van der Waals surface area contributed by atoms with Crippen LogP contribution in [-0.4, -0.2) is 59.2 Å². The molecule has 1 atom stereocenters. The molecule has 0 aliphatic carbocycles. The lowest BCUT2D eigenvalue weighted by molar-refractivity contribution is 0.253. The Balaban J connectivity index is 1.40. The van der Waals surface area contributed by atoms with Crippen LogP contribution < -0.4 is 10.2 Å². The number of hydrogen-bond donors (Lipinski definition) is 2. The summed E-state index contributed by atoms with van der Waals surface area (Å²) < 4.78 is 0. The Hall–Kier alpha value is -2.02. The molecule has 25 heavy (non-hydrogen) atoms. The van der Waals surface area contributed by atoms with Gasteiger partial charge >= 0.3 is 0 Å². The molecule has 1 aliphatic rings. The third-order valence-electron chi connectivity index (χ3n) is 4.72. The first-order valence-electron chi connectivity index (χ1n) is 8.93. The van der Waals surface area contributed by atoms with Gasteiger partial charge in [-0.3, -0.25) is 4.90 Å². The first-order valence-corrected chi connectivity index (χ1v) is 8.93. The molecule has 0 amide bonds. The van der Waals surface area contributed by atoms with Crippen LogP contribution in [0.5, 0.6) is 0 Å². The van der Waals surface area contributed by atoms with Gasteiger partial charge in [-0.25, -0.2) is 9.97 Å². The molecule has 2 N–H and O–H groups in total. The monoisotopic (exact) mass is 341 g/mol. The molecule has 6 nitrogen and oxygen atoms in total. The average molecular weight is 341 g/mol. The molecule has 1 saturated heterocycles. The number of benzene rings is 1. The number of nitrogens with one attached hydrogen (secondary N) is 1. The molecule has 6 heteroatoms. The standard InChI is InChI=1S/C19H27N5O/c1-16(18-5-2-4-17(14-18)15-25)20-8-9-23-10-12-24(13-11-23)19-21-6-3-7-22-19/h2-7,14,16,20,25H,8-13,15H2,1H3. The number of rotatable bonds is 7. The lowest BCUT2D eigenvalue weighted by atomic mass is 10.1. The van der Waals surface area contributed by atoms with E-state index in [4.69, 9.17) is 0 Å². The molecule has 1 aromatic carbocycles. The van der Waals surface area contributed by atoms with Gasteiger partial charge in [0.05, 0.1) is 6.61 Å². The highest BCUT2D eigenvalue weighted by Crippen LogP contribution is 2.14. The van der Waals surface area contributed by atoms with Gasteiger partial charge in [-0.05, 0) is 24.1 Å². The molecule has 3 rings (SSSR count). The maximum absolute atomic E-state index is 9.25. The predicted octanol–water partition coefficient (Wildman–Crippen LogP) is 1.44. The summed E-state index contributed by atoms with van der Waals surface area (Å²) in [4.78, 5) is 13.4. The first kappa shape index (κ1) is 17.8. The third-order valence-corrected chi connectivity index (χ3v) is 4.72. The second-order valence-electron chi connectivity index (χ2n) is 6.46. The summed E-state index contributed by atoms with van der Waals surface area (Å²) in [5.41, 5.74) is 2.18. The highest BCUT2D eigenvalue weighted by molar-refractivity contribution is 5.29. The quantitative estimate of drug-likeness (QED) is 0.795. The zero-order chi connectivity index (χ0) is 17.5. The lowest BCUT2D eigenvalue weighted by Gasteiger charge is -2.34. The number of aliphatic hydroxyl groups is 1. The second kappa shape index (κ2) is 8.89. The summed E-state index contributed by atoms with van der Waals surface area (Å²) in [6, 6.07) is 10.3. The minimum atomic E-state index is 0.0932. The fraction of sp³-hybridized carbons (Fsp3) is 0.474. The van der Waals surface area contributed by atoms with E-state index in [1.54, 1.807) is 12.4 Å². The van der Waals surface area contributed by atoms with Crippen molar-refractivity contribution in [1.29, 1.82) is 0 Å². The molecule has 0 radical (unpaired) electrons. The van der Waals surface area contributed by atoms with Gasteiger partial charge < -0.3 is 15.3 Å². The van der Waals surface area contributed by atoms with Gasteiger partial charge in [0.25, 0.3) is 0 Å². The van der Waals surface area contributed by atoms with Gasteiger partial charge in [-0.2, -0.15) is 0 Å². The number of piperazine rings is 1. The van der Waals surface area contributed by atoms with E-state index in [1.807, 2.05) is 18.2 Å². The molecular weight excluding hydrogens is 314 g/mol. The molecule has 1 unspecified atom stereocenters. The van der Waals surface area contributed by atoms with Crippen LogP contribution in [0.15, 0.2) is 42.7 Å². The summed E-state index contributed by atoms with van der Waals surface area (Å²) in [7, 11) is 0. The number of aromatic nitrogens is 2. The molecule has 1 aromatic heterocycles. The third kappa shape index (κ3) is 4.98. The Morgan fingerprint density at radius 2 is 1.88 bits per heavy atom. The number of nitrogens with zero attached hydrogens (tertiary/aromatic N) is 4.